The average molecular weight is 331 g/mol. The van der Waals surface area contributed by atoms with Crippen molar-refractivity contribution in [2.45, 2.75) is 31.6 Å². The first-order valence-electron chi connectivity index (χ1n) is 8.33. The average Bonchev–Trinajstić information content (AvgIpc) is 2.53. The minimum atomic E-state index is -1.17. The highest BCUT2D eigenvalue weighted by Crippen LogP contribution is 2.39. The van der Waals surface area contributed by atoms with Crippen molar-refractivity contribution < 1.29 is 19.4 Å². The molecule has 0 aromatic heterocycles. The molecule has 2 rings (SSSR count). The van der Waals surface area contributed by atoms with Gasteiger partial charge >= 0.3 is 11.9 Å². The first-order valence-corrected chi connectivity index (χ1v) is 8.33. The molecule has 0 saturated heterocycles. The fraction of sp³-hybridized carbons (Fsp3) is 0.474. The van der Waals surface area contributed by atoms with Crippen LogP contribution in [0.3, 0.4) is 0 Å². The Labute approximate surface area is 142 Å². The molecule has 1 aromatic carbocycles. The number of carbonyl (C=O) groups is 2. The fourth-order valence-corrected chi connectivity index (χ4v) is 3.43. The number of ether oxygens (including phenoxy) is 1. The Morgan fingerprint density at radius 2 is 2.00 bits per heavy atom. The third kappa shape index (κ3) is 5.49. The van der Waals surface area contributed by atoms with Crippen molar-refractivity contribution in [3.05, 3.63) is 42.0 Å². The highest BCUT2D eigenvalue weighted by atomic mass is 16.5. The first-order chi connectivity index (χ1) is 11.5. The lowest BCUT2D eigenvalue weighted by atomic mass is 9.75. The molecule has 5 heteroatoms. The lowest BCUT2D eigenvalue weighted by Crippen LogP contribution is -2.28. The van der Waals surface area contributed by atoms with Crippen LogP contribution in [0.1, 0.15) is 37.2 Å². The fourth-order valence-electron chi connectivity index (χ4n) is 3.43. The molecule has 0 amide bonds. The lowest BCUT2D eigenvalue weighted by molar-refractivity contribution is -0.133. The molecule has 1 aromatic rings. The topological polar surface area (TPSA) is 66.8 Å². The molecule has 1 aliphatic carbocycles. The number of hydrogen-bond acceptors (Lipinski definition) is 4. The standard InChI is InChI=1S/C19H25NO4/c1-20(2)13-15-6-3-4-9-17(15)14-7-5-8-16(12-14)24-19(23)11-10-18(21)22/h5,7-8,10-12,15,17H,3-4,6,9,13H2,1-2H3,(H,21,22)/b11-10+. The van der Waals surface area contributed by atoms with Gasteiger partial charge in [-0.1, -0.05) is 25.0 Å². The maximum atomic E-state index is 11.6. The molecule has 1 aliphatic rings. The van der Waals surface area contributed by atoms with Gasteiger partial charge in [-0.3, -0.25) is 0 Å². The Kier molecular flexibility index (Phi) is 6.55. The van der Waals surface area contributed by atoms with Gasteiger partial charge in [0.05, 0.1) is 0 Å². The summed E-state index contributed by atoms with van der Waals surface area (Å²) >= 11 is 0. The van der Waals surface area contributed by atoms with E-state index in [1.165, 1.54) is 24.8 Å². The predicted octanol–water partition coefficient (Wildman–Crippen LogP) is 3.07. The number of rotatable bonds is 6. The van der Waals surface area contributed by atoms with E-state index >= 15 is 0 Å². The molecule has 1 saturated carbocycles. The van der Waals surface area contributed by atoms with Crippen LogP contribution in [0.5, 0.6) is 5.75 Å². The van der Waals surface area contributed by atoms with E-state index in [0.29, 0.717) is 17.6 Å². The van der Waals surface area contributed by atoms with E-state index in [4.69, 9.17) is 9.84 Å². The maximum Gasteiger partial charge on any atom is 0.336 e. The van der Waals surface area contributed by atoms with Crippen molar-refractivity contribution >= 4 is 11.9 Å². The monoisotopic (exact) mass is 331 g/mol. The van der Waals surface area contributed by atoms with Gasteiger partial charge in [0.2, 0.25) is 0 Å². The van der Waals surface area contributed by atoms with Gasteiger partial charge in [0, 0.05) is 18.7 Å². The largest absolute Gasteiger partial charge is 0.478 e. The summed E-state index contributed by atoms with van der Waals surface area (Å²) in [6.45, 7) is 1.05. The van der Waals surface area contributed by atoms with Gasteiger partial charge in [0.25, 0.3) is 0 Å². The van der Waals surface area contributed by atoms with Crippen molar-refractivity contribution in [3.8, 4) is 5.75 Å². The van der Waals surface area contributed by atoms with Crippen LogP contribution < -0.4 is 4.74 Å². The summed E-state index contributed by atoms with van der Waals surface area (Å²) in [6, 6.07) is 7.61. The molecule has 1 N–H and O–H groups in total. The Hall–Kier alpha value is -2.14. The smallest absolute Gasteiger partial charge is 0.336 e. The van der Waals surface area contributed by atoms with Crippen molar-refractivity contribution in [3.63, 3.8) is 0 Å². The van der Waals surface area contributed by atoms with Gasteiger partial charge in [-0.2, -0.15) is 0 Å². The lowest BCUT2D eigenvalue weighted by Gasteiger charge is -2.34. The summed E-state index contributed by atoms with van der Waals surface area (Å²) < 4.78 is 5.21. The molecule has 5 nitrogen and oxygen atoms in total. The molecular formula is C19H25NO4. The summed E-state index contributed by atoms with van der Waals surface area (Å²) in [7, 11) is 4.19. The van der Waals surface area contributed by atoms with Crippen LogP contribution in [0, 0.1) is 5.92 Å². The highest BCUT2D eigenvalue weighted by Gasteiger charge is 2.27. The van der Waals surface area contributed by atoms with Crippen LogP contribution in [0.25, 0.3) is 0 Å². The summed E-state index contributed by atoms with van der Waals surface area (Å²) in [4.78, 5) is 24.3. The maximum absolute atomic E-state index is 11.6. The van der Waals surface area contributed by atoms with Crippen molar-refractivity contribution in [1.82, 2.24) is 4.90 Å². The normalized spacial score (nSPS) is 21.1. The van der Waals surface area contributed by atoms with Crippen molar-refractivity contribution in [2.75, 3.05) is 20.6 Å². The number of carboxylic acid groups (broad SMARTS) is 1. The minimum absolute atomic E-state index is 0.460. The molecular weight excluding hydrogens is 306 g/mol. The second-order valence-electron chi connectivity index (χ2n) is 6.58. The summed E-state index contributed by atoms with van der Waals surface area (Å²) in [5.41, 5.74) is 1.19. The van der Waals surface area contributed by atoms with Crippen LogP contribution in [0.2, 0.25) is 0 Å². The van der Waals surface area contributed by atoms with Crippen molar-refractivity contribution in [2.24, 2.45) is 5.92 Å². The van der Waals surface area contributed by atoms with Gasteiger partial charge in [-0.15, -0.1) is 0 Å². The van der Waals surface area contributed by atoms with E-state index in [1.807, 2.05) is 12.1 Å². The zero-order valence-electron chi connectivity index (χ0n) is 14.3. The second-order valence-corrected chi connectivity index (χ2v) is 6.58. The number of hydrogen-bond donors (Lipinski definition) is 1. The molecule has 1 fully saturated rings. The van der Waals surface area contributed by atoms with Gasteiger partial charge in [-0.25, -0.2) is 9.59 Å². The number of carboxylic acids is 1. The summed E-state index contributed by atoms with van der Waals surface area (Å²) in [5.74, 6) is -0.319. The Bertz CT molecular complexity index is 609. The van der Waals surface area contributed by atoms with E-state index in [9.17, 15) is 9.59 Å². The summed E-state index contributed by atoms with van der Waals surface area (Å²) in [6.07, 6.45) is 6.55. The van der Waals surface area contributed by atoms with E-state index in [0.717, 1.165) is 25.1 Å². The molecule has 2 unspecified atom stereocenters. The van der Waals surface area contributed by atoms with Crippen LogP contribution >= 0.6 is 0 Å². The number of aliphatic carboxylic acids is 1. The van der Waals surface area contributed by atoms with Crippen molar-refractivity contribution in [1.29, 1.82) is 0 Å². The quantitative estimate of drug-likeness (QED) is 0.493. The van der Waals surface area contributed by atoms with Crippen LogP contribution in [-0.4, -0.2) is 42.6 Å². The molecule has 2 atom stereocenters. The Balaban J connectivity index is 2.10. The number of nitrogens with zero attached hydrogens (tertiary/aromatic N) is 1. The zero-order chi connectivity index (χ0) is 17.5. The SMILES string of the molecule is CN(C)CC1CCCCC1c1cccc(OC(=O)/C=C/C(=O)O)c1. The third-order valence-corrected chi connectivity index (χ3v) is 4.38. The third-order valence-electron chi connectivity index (χ3n) is 4.38. The van der Waals surface area contributed by atoms with E-state index < -0.39 is 11.9 Å². The number of benzene rings is 1. The van der Waals surface area contributed by atoms with E-state index in [1.54, 1.807) is 6.07 Å². The second kappa shape index (κ2) is 8.64. The van der Waals surface area contributed by atoms with Gasteiger partial charge in [0.15, 0.2) is 0 Å². The van der Waals surface area contributed by atoms with Crippen LogP contribution in [0.15, 0.2) is 36.4 Å². The Morgan fingerprint density at radius 1 is 1.25 bits per heavy atom. The predicted molar refractivity (Wildman–Crippen MR) is 92.1 cm³/mol. The van der Waals surface area contributed by atoms with Gasteiger partial charge < -0.3 is 14.7 Å². The van der Waals surface area contributed by atoms with Crippen LogP contribution in [0.4, 0.5) is 0 Å². The van der Waals surface area contributed by atoms with Crippen LogP contribution in [-0.2, 0) is 9.59 Å². The van der Waals surface area contributed by atoms with Gasteiger partial charge in [-0.05, 0) is 56.5 Å². The number of esters is 1. The molecule has 0 bridgehead atoms. The number of carbonyl (C=O) groups excluding carboxylic acids is 1. The minimum Gasteiger partial charge on any atom is -0.478 e. The van der Waals surface area contributed by atoms with Gasteiger partial charge in [0.1, 0.15) is 5.75 Å². The molecule has 0 radical (unpaired) electrons. The molecule has 24 heavy (non-hydrogen) atoms. The highest BCUT2D eigenvalue weighted by molar-refractivity contribution is 5.91. The molecule has 0 aliphatic heterocycles. The Morgan fingerprint density at radius 3 is 2.71 bits per heavy atom. The summed E-state index contributed by atoms with van der Waals surface area (Å²) in [5, 5.41) is 8.55. The molecule has 130 valence electrons. The molecule has 0 spiro atoms. The first kappa shape index (κ1) is 18.2. The van der Waals surface area contributed by atoms with E-state index in [-0.39, 0.29) is 0 Å². The zero-order valence-corrected chi connectivity index (χ0v) is 14.3. The van der Waals surface area contributed by atoms with E-state index in [2.05, 4.69) is 25.1 Å². The molecule has 0 heterocycles.